The van der Waals surface area contributed by atoms with E-state index in [4.69, 9.17) is 0 Å². The van der Waals surface area contributed by atoms with E-state index in [2.05, 4.69) is 46.5 Å². The predicted octanol–water partition coefficient (Wildman–Crippen LogP) is 4.89. The van der Waals surface area contributed by atoms with Gasteiger partial charge in [-0.05, 0) is 31.0 Å². The molecule has 0 saturated carbocycles. The molecule has 4 nitrogen and oxygen atoms in total. The number of thioether (sulfide) groups is 1. The lowest BCUT2D eigenvalue weighted by molar-refractivity contribution is -0.115. The number of anilines is 1. The van der Waals surface area contributed by atoms with Gasteiger partial charge in [-0.25, -0.2) is 9.97 Å². The summed E-state index contributed by atoms with van der Waals surface area (Å²) in [7, 11) is 0. The Labute approximate surface area is 155 Å². The molecule has 0 saturated heterocycles. The number of rotatable bonds is 6. The molecule has 0 fully saturated rings. The summed E-state index contributed by atoms with van der Waals surface area (Å²) >= 11 is 2.87. The highest BCUT2D eigenvalue weighted by molar-refractivity contribution is 8.00. The number of hydrogen-bond acceptors (Lipinski definition) is 5. The predicted molar refractivity (Wildman–Crippen MR) is 105 cm³/mol. The number of amides is 1. The van der Waals surface area contributed by atoms with Crippen LogP contribution in [0.15, 0.2) is 59.1 Å². The second-order valence-electron chi connectivity index (χ2n) is 5.51. The topological polar surface area (TPSA) is 54.9 Å². The Balaban J connectivity index is 1.63. The fourth-order valence-corrected chi connectivity index (χ4v) is 3.76. The van der Waals surface area contributed by atoms with E-state index < -0.39 is 0 Å². The van der Waals surface area contributed by atoms with E-state index in [1.165, 1.54) is 28.7 Å². The maximum absolute atomic E-state index is 12.4. The Morgan fingerprint density at radius 3 is 2.72 bits per heavy atom. The molecule has 128 valence electrons. The Kier molecular flexibility index (Phi) is 5.83. The molecule has 0 radical (unpaired) electrons. The van der Waals surface area contributed by atoms with E-state index >= 15 is 0 Å². The summed E-state index contributed by atoms with van der Waals surface area (Å²) in [6.45, 7) is 4.00. The lowest BCUT2D eigenvalue weighted by Crippen LogP contribution is -2.22. The van der Waals surface area contributed by atoms with Crippen molar-refractivity contribution in [1.29, 1.82) is 0 Å². The first-order valence-corrected chi connectivity index (χ1v) is 9.85. The average molecular weight is 370 g/mol. The number of aryl methyl sites for hydroxylation is 1. The number of aromatic nitrogens is 2. The quantitative estimate of drug-likeness (QED) is 0.629. The van der Waals surface area contributed by atoms with Crippen LogP contribution in [0.4, 0.5) is 5.13 Å². The molecule has 1 aromatic carbocycles. The summed E-state index contributed by atoms with van der Waals surface area (Å²) in [6.07, 6.45) is 2.74. The first-order valence-electron chi connectivity index (χ1n) is 8.09. The third-order valence-electron chi connectivity index (χ3n) is 3.70. The van der Waals surface area contributed by atoms with Crippen molar-refractivity contribution in [1.82, 2.24) is 9.97 Å². The van der Waals surface area contributed by atoms with Gasteiger partial charge in [-0.2, -0.15) is 0 Å². The molecular formula is C19H19N3OS2. The van der Waals surface area contributed by atoms with Crippen molar-refractivity contribution >= 4 is 34.1 Å². The number of thiazole rings is 1. The summed E-state index contributed by atoms with van der Waals surface area (Å²) in [4.78, 5) is 21.1. The average Bonchev–Trinajstić information content (AvgIpc) is 3.11. The standard InChI is InChI=1S/C19H19N3OS2/c1-3-14-7-9-15(10-8-14)16-12-24-19(21-16)22-18(23)13(2)25-17-6-4-5-11-20-17/h4-13H,3H2,1-2H3,(H,21,22,23)/t13-/m1/s1. The molecule has 0 bridgehead atoms. The molecule has 0 spiro atoms. The van der Waals surface area contributed by atoms with Crippen LogP contribution in [0.3, 0.4) is 0 Å². The van der Waals surface area contributed by atoms with Crippen molar-refractivity contribution in [3.63, 3.8) is 0 Å². The molecule has 2 aromatic heterocycles. The number of hydrogen-bond donors (Lipinski definition) is 1. The van der Waals surface area contributed by atoms with Crippen LogP contribution in [-0.2, 0) is 11.2 Å². The minimum Gasteiger partial charge on any atom is -0.301 e. The lowest BCUT2D eigenvalue weighted by atomic mass is 10.1. The van der Waals surface area contributed by atoms with Gasteiger partial charge in [-0.1, -0.05) is 49.0 Å². The molecule has 0 aliphatic carbocycles. The van der Waals surface area contributed by atoms with E-state index in [-0.39, 0.29) is 11.2 Å². The van der Waals surface area contributed by atoms with Crippen LogP contribution < -0.4 is 5.32 Å². The second kappa shape index (κ2) is 8.27. The SMILES string of the molecule is CCc1ccc(-c2csc(NC(=O)[C@@H](C)Sc3ccccn3)n2)cc1. The Bertz CT molecular complexity index is 831. The molecule has 6 heteroatoms. The summed E-state index contributed by atoms with van der Waals surface area (Å²) in [5.74, 6) is -0.0714. The molecule has 1 N–H and O–H groups in total. The van der Waals surface area contributed by atoms with Crippen LogP contribution in [0, 0.1) is 0 Å². The summed E-state index contributed by atoms with van der Waals surface area (Å²) in [5, 5.41) is 6.07. The molecular weight excluding hydrogens is 350 g/mol. The normalized spacial score (nSPS) is 11.9. The summed E-state index contributed by atoms with van der Waals surface area (Å²) < 4.78 is 0. The number of benzene rings is 1. The zero-order chi connectivity index (χ0) is 17.6. The molecule has 2 heterocycles. The smallest absolute Gasteiger partial charge is 0.239 e. The maximum Gasteiger partial charge on any atom is 0.239 e. The van der Waals surface area contributed by atoms with Gasteiger partial charge in [-0.15, -0.1) is 11.3 Å². The van der Waals surface area contributed by atoms with Gasteiger partial charge in [0.05, 0.1) is 16.0 Å². The Morgan fingerprint density at radius 1 is 1.24 bits per heavy atom. The highest BCUT2D eigenvalue weighted by Crippen LogP contribution is 2.27. The van der Waals surface area contributed by atoms with Crippen molar-refractivity contribution < 1.29 is 4.79 Å². The molecule has 0 aliphatic heterocycles. The fourth-order valence-electron chi connectivity index (χ4n) is 2.23. The Morgan fingerprint density at radius 2 is 2.04 bits per heavy atom. The first-order chi connectivity index (χ1) is 12.2. The number of nitrogens with zero attached hydrogens (tertiary/aromatic N) is 2. The molecule has 1 atom stereocenters. The van der Waals surface area contributed by atoms with Crippen molar-refractivity contribution in [3.05, 3.63) is 59.6 Å². The van der Waals surface area contributed by atoms with E-state index in [9.17, 15) is 4.79 Å². The third kappa shape index (κ3) is 4.67. The van der Waals surface area contributed by atoms with Crippen LogP contribution in [0.2, 0.25) is 0 Å². The van der Waals surface area contributed by atoms with Crippen molar-refractivity contribution in [2.24, 2.45) is 0 Å². The molecule has 0 aliphatic rings. The van der Waals surface area contributed by atoms with Gasteiger partial charge >= 0.3 is 0 Å². The first kappa shape index (κ1) is 17.6. The maximum atomic E-state index is 12.4. The van der Waals surface area contributed by atoms with Gasteiger partial charge < -0.3 is 5.32 Å². The monoisotopic (exact) mass is 369 g/mol. The van der Waals surface area contributed by atoms with Crippen LogP contribution in [-0.4, -0.2) is 21.1 Å². The van der Waals surface area contributed by atoms with E-state index in [0.29, 0.717) is 5.13 Å². The van der Waals surface area contributed by atoms with Crippen molar-refractivity contribution in [2.75, 3.05) is 5.32 Å². The van der Waals surface area contributed by atoms with Crippen molar-refractivity contribution in [2.45, 2.75) is 30.5 Å². The third-order valence-corrected chi connectivity index (χ3v) is 5.51. The highest BCUT2D eigenvalue weighted by Gasteiger charge is 2.16. The largest absolute Gasteiger partial charge is 0.301 e. The van der Waals surface area contributed by atoms with Gasteiger partial charge in [0.1, 0.15) is 0 Å². The number of carbonyl (C=O) groups excluding carboxylic acids is 1. The number of nitrogens with one attached hydrogen (secondary N) is 1. The van der Waals surface area contributed by atoms with Crippen LogP contribution in [0.25, 0.3) is 11.3 Å². The molecule has 25 heavy (non-hydrogen) atoms. The fraction of sp³-hybridized carbons (Fsp3) is 0.211. The minimum absolute atomic E-state index is 0.0714. The van der Waals surface area contributed by atoms with Gasteiger partial charge in [0.25, 0.3) is 0 Å². The van der Waals surface area contributed by atoms with Gasteiger partial charge in [0.2, 0.25) is 5.91 Å². The van der Waals surface area contributed by atoms with Crippen LogP contribution >= 0.6 is 23.1 Å². The Hall–Kier alpha value is -2.18. The van der Waals surface area contributed by atoms with Gasteiger partial charge in [0.15, 0.2) is 5.13 Å². The van der Waals surface area contributed by atoms with Crippen LogP contribution in [0.5, 0.6) is 0 Å². The molecule has 1 amide bonds. The van der Waals surface area contributed by atoms with Gasteiger partial charge in [-0.3, -0.25) is 4.79 Å². The number of carbonyl (C=O) groups is 1. The molecule has 3 aromatic rings. The van der Waals surface area contributed by atoms with E-state index in [0.717, 1.165) is 22.7 Å². The molecule has 0 unspecified atom stereocenters. The highest BCUT2D eigenvalue weighted by atomic mass is 32.2. The summed E-state index contributed by atoms with van der Waals surface area (Å²) in [5.41, 5.74) is 3.24. The van der Waals surface area contributed by atoms with Crippen molar-refractivity contribution in [3.8, 4) is 11.3 Å². The van der Waals surface area contributed by atoms with Crippen LogP contribution in [0.1, 0.15) is 19.4 Å². The zero-order valence-corrected chi connectivity index (χ0v) is 15.7. The zero-order valence-electron chi connectivity index (χ0n) is 14.1. The van der Waals surface area contributed by atoms with Gasteiger partial charge in [0, 0.05) is 17.1 Å². The van der Waals surface area contributed by atoms with E-state index in [1.54, 1.807) is 6.20 Å². The minimum atomic E-state index is -0.244. The second-order valence-corrected chi connectivity index (χ2v) is 7.72. The van der Waals surface area contributed by atoms with E-state index in [1.807, 2.05) is 30.5 Å². The molecule has 3 rings (SSSR count). The summed E-state index contributed by atoms with van der Waals surface area (Å²) in [6, 6.07) is 14.0. The number of pyridine rings is 1. The lowest BCUT2D eigenvalue weighted by Gasteiger charge is -2.09.